The lowest BCUT2D eigenvalue weighted by atomic mass is 9.88. The van der Waals surface area contributed by atoms with Crippen LogP contribution in [0.4, 0.5) is 0 Å². The van der Waals surface area contributed by atoms with E-state index in [0.29, 0.717) is 11.8 Å². The van der Waals surface area contributed by atoms with Crippen molar-refractivity contribution in [3.8, 4) is 0 Å². The summed E-state index contributed by atoms with van der Waals surface area (Å²) in [6.45, 7) is 12.2. The first kappa shape index (κ1) is 16.2. The zero-order valence-corrected chi connectivity index (χ0v) is 13.4. The number of nitrogens with two attached hydrogens (primary N) is 1. The summed E-state index contributed by atoms with van der Waals surface area (Å²) >= 11 is 0. The second-order valence-electron chi connectivity index (χ2n) is 6.49. The first-order valence-electron chi connectivity index (χ1n) is 7.78. The van der Waals surface area contributed by atoms with E-state index in [1.165, 1.54) is 29.5 Å². The third kappa shape index (κ3) is 4.99. The number of aryl methyl sites for hydroxylation is 1. The highest BCUT2D eigenvalue weighted by Gasteiger charge is 2.11. The van der Waals surface area contributed by atoms with Gasteiger partial charge < -0.3 is 5.73 Å². The Morgan fingerprint density at radius 3 is 2.16 bits per heavy atom. The lowest BCUT2D eigenvalue weighted by Crippen LogP contribution is -2.07. The van der Waals surface area contributed by atoms with Crippen LogP contribution < -0.4 is 5.73 Å². The highest BCUT2D eigenvalue weighted by atomic mass is 14.5. The molecule has 1 nitrogen and oxygen atoms in total. The van der Waals surface area contributed by atoms with Gasteiger partial charge in [0.25, 0.3) is 0 Å². The van der Waals surface area contributed by atoms with Crippen LogP contribution in [0, 0.1) is 5.92 Å². The van der Waals surface area contributed by atoms with E-state index in [9.17, 15) is 0 Å². The predicted molar refractivity (Wildman–Crippen MR) is 85.8 cm³/mol. The van der Waals surface area contributed by atoms with E-state index in [-0.39, 0.29) is 0 Å². The molecule has 0 amide bonds. The summed E-state index contributed by atoms with van der Waals surface area (Å²) in [4.78, 5) is 0. The molecule has 0 saturated carbocycles. The molecule has 0 aliphatic heterocycles. The Balaban J connectivity index is 2.82. The highest BCUT2D eigenvalue weighted by molar-refractivity contribution is 5.35. The molecule has 0 spiro atoms. The monoisotopic (exact) mass is 261 g/mol. The zero-order valence-electron chi connectivity index (χ0n) is 13.4. The van der Waals surface area contributed by atoms with Gasteiger partial charge in [-0.25, -0.2) is 0 Å². The maximum Gasteiger partial charge on any atom is -0.00747 e. The molecule has 0 fully saturated rings. The van der Waals surface area contributed by atoms with Gasteiger partial charge >= 0.3 is 0 Å². The Morgan fingerprint density at radius 1 is 0.947 bits per heavy atom. The van der Waals surface area contributed by atoms with Gasteiger partial charge in [0.1, 0.15) is 0 Å². The van der Waals surface area contributed by atoms with Crippen molar-refractivity contribution in [3.63, 3.8) is 0 Å². The lowest BCUT2D eigenvalue weighted by Gasteiger charge is -2.18. The van der Waals surface area contributed by atoms with Gasteiger partial charge in [-0.1, -0.05) is 52.8 Å². The van der Waals surface area contributed by atoms with Crippen LogP contribution in [-0.2, 0) is 6.42 Å². The van der Waals surface area contributed by atoms with Crippen molar-refractivity contribution < 1.29 is 0 Å². The Morgan fingerprint density at radius 2 is 1.63 bits per heavy atom. The first-order chi connectivity index (χ1) is 8.95. The van der Waals surface area contributed by atoms with Crippen molar-refractivity contribution in [1.82, 2.24) is 0 Å². The summed E-state index contributed by atoms with van der Waals surface area (Å²) in [7, 11) is 0. The molecule has 1 heteroatoms. The molecule has 1 aromatic rings. The molecule has 2 N–H and O–H groups in total. The topological polar surface area (TPSA) is 26.0 Å². The molecule has 0 radical (unpaired) electrons. The van der Waals surface area contributed by atoms with Gasteiger partial charge in [-0.2, -0.15) is 0 Å². The second kappa shape index (κ2) is 7.69. The van der Waals surface area contributed by atoms with Crippen molar-refractivity contribution in [2.24, 2.45) is 11.7 Å². The first-order valence-corrected chi connectivity index (χ1v) is 7.78. The van der Waals surface area contributed by atoms with E-state index in [2.05, 4.69) is 52.8 Å². The van der Waals surface area contributed by atoms with Crippen LogP contribution in [0.1, 0.15) is 76.0 Å². The number of hydrogen-bond acceptors (Lipinski definition) is 1. The molecule has 0 aliphatic carbocycles. The minimum atomic E-state index is 0.610. The molecule has 0 aromatic heterocycles. The molecule has 1 unspecified atom stereocenters. The van der Waals surface area contributed by atoms with Crippen molar-refractivity contribution in [2.45, 2.75) is 65.7 Å². The number of benzene rings is 1. The summed E-state index contributed by atoms with van der Waals surface area (Å²) in [5.74, 6) is 1.95. The molecular formula is C18H31N. The van der Waals surface area contributed by atoms with Gasteiger partial charge in [-0.05, 0) is 60.3 Å². The molecule has 108 valence electrons. The van der Waals surface area contributed by atoms with E-state index >= 15 is 0 Å². The lowest BCUT2D eigenvalue weighted by molar-refractivity contribution is 0.498. The fourth-order valence-corrected chi connectivity index (χ4v) is 2.57. The summed E-state index contributed by atoms with van der Waals surface area (Å²) in [6, 6.07) is 7.07. The van der Waals surface area contributed by atoms with Gasteiger partial charge in [0.05, 0.1) is 0 Å². The number of hydrogen-bond donors (Lipinski definition) is 1. The highest BCUT2D eigenvalue weighted by Crippen LogP contribution is 2.26. The van der Waals surface area contributed by atoms with Crippen LogP contribution in [-0.4, -0.2) is 6.54 Å². The van der Waals surface area contributed by atoms with E-state index < -0.39 is 0 Å². The fraction of sp³-hybridized carbons (Fsp3) is 0.667. The Kier molecular flexibility index (Phi) is 6.57. The maximum absolute atomic E-state index is 5.63. The zero-order chi connectivity index (χ0) is 14.4. The summed E-state index contributed by atoms with van der Waals surface area (Å²) in [5.41, 5.74) is 10.2. The predicted octanol–water partition coefficient (Wildman–Crippen LogP) is 4.85. The van der Waals surface area contributed by atoms with Gasteiger partial charge in [-0.15, -0.1) is 0 Å². The van der Waals surface area contributed by atoms with Crippen molar-refractivity contribution >= 4 is 0 Å². The van der Waals surface area contributed by atoms with Crippen molar-refractivity contribution in [3.05, 3.63) is 34.9 Å². The van der Waals surface area contributed by atoms with E-state index in [4.69, 9.17) is 5.73 Å². The Hall–Kier alpha value is -0.820. The van der Waals surface area contributed by atoms with Crippen molar-refractivity contribution in [2.75, 3.05) is 6.54 Å². The smallest absolute Gasteiger partial charge is 0.00747 e. The van der Waals surface area contributed by atoms with Gasteiger partial charge in [-0.3, -0.25) is 0 Å². The van der Waals surface area contributed by atoms with Crippen LogP contribution in [0.3, 0.4) is 0 Å². The normalized spacial score (nSPS) is 13.3. The SMILES string of the molecule is CC(CCN)CCc1ccc(C(C)C)cc1C(C)C. The summed E-state index contributed by atoms with van der Waals surface area (Å²) in [5, 5.41) is 0. The van der Waals surface area contributed by atoms with Crippen LogP contribution >= 0.6 is 0 Å². The fourth-order valence-electron chi connectivity index (χ4n) is 2.57. The van der Waals surface area contributed by atoms with Crippen LogP contribution in [0.2, 0.25) is 0 Å². The number of rotatable bonds is 7. The van der Waals surface area contributed by atoms with Crippen LogP contribution in [0.15, 0.2) is 18.2 Å². The van der Waals surface area contributed by atoms with E-state index in [1.54, 1.807) is 0 Å². The van der Waals surface area contributed by atoms with Gasteiger partial charge in [0, 0.05) is 0 Å². The second-order valence-corrected chi connectivity index (χ2v) is 6.49. The summed E-state index contributed by atoms with van der Waals surface area (Å²) in [6.07, 6.45) is 3.58. The van der Waals surface area contributed by atoms with Gasteiger partial charge in [0.2, 0.25) is 0 Å². The molecular weight excluding hydrogens is 230 g/mol. The van der Waals surface area contributed by atoms with Gasteiger partial charge in [0.15, 0.2) is 0 Å². The molecule has 1 atom stereocenters. The molecule has 0 bridgehead atoms. The Bertz CT molecular complexity index is 379. The Labute approximate surface area is 119 Å². The third-order valence-corrected chi connectivity index (χ3v) is 4.02. The standard InChI is InChI=1S/C18H31N/c1-13(2)17-9-8-16(18(12-17)14(3)4)7-6-15(5)10-11-19/h8-9,12-15H,6-7,10-11,19H2,1-5H3. The molecule has 1 aromatic carbocycles. The average molecular weight is 261 g/mol. The molecule has 0 aliphatic rings. The molecule has 0 saturated heterocycles. The van der Waals surface area contributed by atoms with E-state index in [1.807, 2.05) is 0 Å². The largest absolute Gasteiger partial charge is 0.330 e. The maximum atomic E-state index is 5.63. The quantitative estimate of drug-likeness (QED) is 0.746. The van der Waals surface area contributed by atoms with E-state index in [0.717, 1.165) is 18.9 Å². The average Bonchev–Trinajstić information content (AvgIpc) is 2.36. The molecule has 0 heterocycles. The minimum absolute atomic E-state index is 0.610. The molecule has 1 rings (SSSR count). The van der Waals surface area contributed by atoms with Crippen LogP contribution in [0.5, 0.6) is 0 Å². The minimum Gasteiger partial charge on any atom is -0.330 e. The van der Waals surface area contributed by atoms with Crippen molar-refractivity contribution in [1.29, 1.82) is 0 Å². The molecule has 19 heavy (non-hydrogen) atoms. The van der Waals surface area contributed by atoms with Crippen LogP contribution in [0.25, 0.3) is 0 Å². The third-order valence-electron chi connectivity index (χ3n) is 4.02. The summed E-state index contributed by atoms with van der Waals surface area (Å²) < 4.78 is 0.